The minimum Gasteiger partial charge on any atom is -0.356 e. The van der Waals surface area contributed by atoms with E-state index in [0.717, 1.165) is 49.9 Å². The fraction of sp³-hybridized carbons (Fsp3) is 0.393. The van der Waals surface area contributed by atoms with Crippen molar-refractivity contribution in [2.24, 2.45) is 7.05 Å². The molecule has 2 aliphatic rings. The van der Waals surface area contributed by atoms with Crippen LogP contribution in [0.3, 0.4) is 0 Å². The van der Waals surface area contributed by atoms with Crippen LogP contribution in [0.15, 0.2) is 71.9 Å². The Bertz CT molecular complexity index is 1440. The van der Waals surface area contributed by atoms with Crippen molar-refractivity contribution in [2.45, 2.75) is 55.3 Å². The fourth-order valence-corrected chi connectivity index (χ4v) is 6.71. The van der Waals surface area contributed by atoms with Crippen LogP contribution in [0.2, 0.25) is 0 Å². The summed E-state index contributed by atoms with van der Waals surface area (Å²) in [5.41, 5.74) is 3.81. The summed E-state index contributed by atoms with van der Waals surface area (Å²) in [6.07, 6.45) is 1.12. The van der Waals surface area contributed by atoms with Crippen LogP contribution >= 0.6 is 0 Å². The van der Waals surface area contributed by atoms with Crippen molar-refractivity contribution in [1.29, 1.82) is 0 Å². The highest BCUT2D eigenvalue weighted by Crippen LogP contribution is 2.39. The lowest BCUT2D eigenvalue weighted by molar-refractivity contribution is -0.223. The molecule has 0 amide bonds. The minimum absolute atomic E-state index is 0.133. The van der Waals surface area contributed by atoms with Crippen molar-refractivity contribution < 1.29 is 31.2 Å². The molecule has 0 saturated carbocycles. The van der Waals surface area contributed by atoms with E-state index in [-0.39, 0.29) is 15.3 Å². The SMILES string of the molecule is Cn1ccc(S(=O)(=O)N(Cc2ccc3c(c2)C(Cc2ccccc2)C(N2CCC2)CC3)OC(=O)C(F)(F)F)c1. The van der Waals surface area contributed by atoms with Gasteiger partial charge in [0.05, 0.1) is 6.54 Å². The third kappa shape index (κ3) is 5.90. The Labute approximate surface area is 225 Å². The highest BCUT2D eigenvalue weighted by Gasteiger charge is 2.45. The van der Waals surface area contributed by atoms with Crippen molar-refractivity contribution in [1.82, 2.24) is 13.9 Å². The molecule has 2 aromatic carbocycles. The van der Waals surface area contributed by atoms with Crippen molar-refractivity contribution in [3.63, 3.8) is 0 Å². The average Bonchev–Trinajstić information content (AvgIpc) is 3.31. The molecule has 1 aliphatic carbocycles. The number of sulfonamides is 1. The first kappa shape index (κ1) is 27.4. The Morgan fingerprint density at radius 3 is 2.44 bits per heavy atom. The molecule has 0 spiro atoms. The number of alkyl halides is 3. The molecule has 208 valence electrons. The zero-order chi connectivity index (χ0) is 27.8. The summed E-state index contributed by atoms with van der Waals surface area (Å²) < 4.78 is 67.3. The molecule has 1 aromatic heterocycles. The van der Waals surface area contributed by atoms with Gasteiger partial charge in [-0.25, -0.2) is 13.2 Å². The Kier molecular flexibility index (Phi) is 7.58. The summed E-state index contributed by atoms with van der Waals surface area (Å²) in [6, 6.07) is 17.1. The second-order valence-corrected chi connectivity index (χ2v) is 12.0. The maximum atomic E-state index is 13.3. The maximum absolute atomic E-state index is 13.3. The van der Waals surface area contributed by atoms with Crippen LogP contribution in [-0.2, 0) is 46.1 Å². The zero-order valence-corrected chi connectivity index (χ0v) is 22.3. The molecule has 39 heavy (non-hydrogen) atoms. The molecule has 1 aliphatic heterocycles. The van der Waals surface area contributed by atoms with E-state index in [0.29, 0.717) is 11.6 Å². The largest absolute Gasteiger partial charge is 0.492 e. The summed E-state index contributed by atoms with van der Waals surface area (Å²) in [5.74, 6) is -2.46. The summed E-state index contributed by atoms with van der Waals surface area (Å²) in [5, 5.41) is 0. The topological polar surface area (TPSA) is 71.8 Å². The number of nitrogens with zero attached hydrogens (tertiary/aromatic N) is 3. The summed E-state index contributed by atoms with van der Waals surface area (Å²) >= 11 is 0. The van der Waals surface area contributed by atoms with Crippen LogP contribution in [-0.4, -0.2) is 53.6 Å². The van der Waals surface area contributed by atoms with Gasteiger partial charge in [-0.3, -0.25) is 4.90 Å². The lowest BCUT2D eigenvalue weighted by Gasteiger charge is -2.45. The van der Waals surface area contributed by atoms with E-state index < -0.39 is 28.7 Å². The Morgan fingerprint density at radius 1 is 1.08 bits per heavy atom. The predicted molar refractivity (Wildman–Crippen MR) is 138 cm³/mol. The van der Waals surface area contributed by atoms with Gasteiger partial charge in [-0.15, -0.1) is 0 Å². The van der Waals surface area contributed by atoms with Crippen LogP contribution in [0, 0.1) is 0 Å². The number of hydroxylamine groups is 1. The van der Waals surface area contributed by atoms with E-state index in [2.05, 4.69) is 21.9 Å². The molecule has 7 nitrogen and oxygen atoms in total. The summed E-state index contributed by atoms with van der Waals surface area (Å²) in [6.45, 7) is 1.50. The van der Waals surface area contributed by atoms with Crippen molar-refractivity contribution in [3.8, 4) is 0 Å². The van der Waals surface area contributed by atoms with Gasteiger partial charge in [-0.2, -0.15) is 13.2 Å². The smallest absolute Gasteiger partial charge is 0.356 e. The second kappa shape index (κ2) is 10.8. The van der Waals surface area contributed by atoms with Crippen molar-refractivity contribution in [2.75, 3.05) is 13.1 Å². The molecule has 0 bridgehead atoms. The fourth-order valence-electron chi connectivity index (χ4n) is 5.46. The lowest BCUT2D eigenvalue weighted by Crippen LogP contribution is -2.50. The number of hydrogen-bond acceptors (Lipinski definition) is 5. The molecule has 11 heteroatoms. The zero-order valence-electron chi connectivity index (χ0n) is 21.5. The van der Waals surface area contributed by atoms with Gasteiger partial charge in [0.15, 0.2) is 0 Å². The van der Waals surface area contributed by atoms with Crippen LogP contribution < -0.4 is 0 Å². The molecule has 2 unspecified atom stereocenters. The van der Waals surface area contributed by atoms with Gasteiger partial charge in [0.25, 0.3) is 10.0 Å². The van der Waals surface area contributed by atoms with E-state index in [1.807, 2.05) is 30.3 Å². The lowest BCUT2D eigenvalue weighted by atomic mass is 9.74. The molecule has 1 saturated heterocycles. The van der Waals surface area contributed by atoms with Crippen molar-refractivity contribution >= 4 is 16.0 Å². The number of halogens is 3. The number of aryl methyl sites for hydroxylation is 2. The average molecular weight is 562 g/mol. The summed E-state index contributed by atoms with van der Waals surface area (Å²) in [7, 11) is -3.00. The monoisotopic (exact) mass is 561 g/mol. The minimum atomic E-state index is -5.36. The van der Waals surface area contributed by atoms with E-state index in [1.165, 1.54) is 28.6 Å². The van der Waals surface area contributed by atoms with Crippen LogP contribution in [0.4, 0.5) is 13.2 Å². The first-order valence-electron chi connectivity index (χ1n) is 12.9. The van der Waals surface area contributed by atoms with Gasteiger partial charge in [0.1, 0.15) is 4.90 Å². The van der Waals surface area contributed by atoms with Crippen LogP contribution in [0.25, 0.3) is 0 Å². The molecule has 2 heterocycles. The van der Waals surface area contributed by atoms with Gasteiger partial charge >= 0.3 is 12.1 Å². The quantitative estimate of drug-likeness (QED) is 0.377. The number of aromatic nitrogens is 1. The number of carbonyl (C=O) groups is 1. The third-order valence-electron chi connectivity index (χ3n) is 7.54. The van der Waals surface area contributed by atoms with E-state index >= 15 is 0 Å². The Balaban J connectivity index is 1.49. The van der Waals surface area contributed by atoms with Gasteiger partial charge in [-0.1, -0.05) is 48.5 Å². The van der Waals surface area contributed by atoms with Crippen LogP contribution in [0.1, 0.15) is 41.0 Å². The molecular formula is C28H30F3N3O4S. The molecular weight excluding hydrogens is 531 g/mol. The maximum Gasteiger partial charge on any atom is 0.492 e. The van der Waals surface area contributed by atoms with Gasteiger partial charge < -0.3 is 9.40 Å². The predicted octanol–water partition coefficient (Wildman–Crippen LogP) is 4.58. The molecule has 1 fully saturated rings. The number of rotatable bonds is 8. The van der Waals surface area contributed by atoms with E-state index in [9.17, 15) is 26.4 Å². The van der Waals surface area contributed by atoms with Gasteiger partial charge in [-0.05, 0) is 71.6 Å². The first-order chi connectivity index (χ1) is 18.5. The number of fused-ring (bicyclic) bond motifs is 1. The molecule has 0 N–H and O–H groups in total. The standard InChI is InChI=1S/C28H30F3N3O4S/c1-32-15-12-23(19-32)39(36,37)34(38-27(35)28(29,30)31)18-21-8-9-22-10-11-26(33-13-5-14-33)25(24(22)17-21)16-20-6-3-2-4-7-20/h2-4,6-9,12,15,17,19,25-26H,5,10-11,13-14,16,18H2,1H3. The highest BCUT2D eigenvalue weighted by molar-refractivity contribution is 7.89. The highest BCUT2D eigenvalue weighted by atomic mass is 32.2. The van der Waals surface area contributed by atoms with Crippen molar-refractivity contribution in [3.05, 3.63) is 89.2 Å². The Morgan fingerprint density at radius 2 is 1.82 bits per heavy atom. The first-order valence-corrected chi connectivity index (χ1v) is 14.3. The number of benzene rings is 2. The second-order valence-electron chi connectivity index (χ2n) is 10.2. The number of carbonyl (C=O) groups excluding carboxylic acids is 1. The number of hydrogen-bond donors (Lipinski definition) is 0. The summed E-state index contributed by atoms with van der Waals surface area (Å²) in [4.78, 5) is 18.4. The van der Waals surface area contributed by atoms with E-state index in [1.54, 1.807) is 13.1 Å². The molecule has 3 aromatic rings. The van der Waals surface area contributed by atoms with E-state index in [4.69, 9.17) is 0 Å². The van der Waals surface area contributed by atoms with Gasteiger partial charge in [0.2, 0.25) is 0 Å². The van der Waals surface area contributed by atoms with Gasteiger partial charge in [0, 0.05) is 31.4 Å². The van der Waals surface area contributed by atoms with Crippen LogP contribution in [0.5, 0.6) is 0 Å². The Hall–Kier alpha value is -3.15. The molecule has 0 radical (unpaired) electrons. The molecule has 5 rings (SSSR count). The number of likely N-dealkylation sites (tertiary alicyclic amines) is 1. The molecule has 2 atom stereocenters. The third-order valence-corrected chi connectivity index (χ3v) is 9.12. The normalized spacial score (nSPS) is 19.9.